The van der Waals surface area contributed by atoms with Crippen LogP contribution in [0.1, 0.15) is 29.2 Å². The summed E-state index contributed by atoms with van der Waals surface area (Å²) in [6.07, 6.45) is 2.37. The molecule has 1 aromatic rings. The topological polar surface area (TPSA) is 60.2 Å². The van der Waals surface area contributed by atoms with Gasteiger partial charge < -0.3 is 14.2 Å². The Morgan fingerprint density at radius 3 is 2.54 bits per heavy atom. The molecule has 26 heavy (non-hydrogen) atoms. The van der Waals surface area contributed by atoms with Gasteiger partial charge in [-0.15, -0.1) is 0 Å². The Labute approximate surface area is 155 Å². The Morgan fingerprint density at radius 2 is 1.85 bits per heavy atom. The zero-order valence-electron chi connectivity index (χ0n) is 16.3. The van der Waals surface area contributed by atoms with Crippen LogP contribution in [0.3, 0.4) is 0 Å². The van der Waals surface area contributed by atoms with E-state index in [0.29, 0.717) is 24.3 Å². The molecule has 3 aliphatic rings. The van der Waals surface area contributed by atoms with Gasteiger partial charge in [0.05, 0.1) is 13.1 Å². The van der Waals surface area contributed by atoms with Gasteiger partial charge in [-0.05, 0) is 30.9 Å². The lowest BCUT2D eigenvalue weighted by atomic mass is 9.95. The first kappa shape index (κ1) is 18.9. The van der Waals surface area contributed by atoms with Crippen LogP contribution in [0.2, 0.25) is 0 Å². The molecule has 0 aromatic carbocycles. The summed E-state index contributed by atoms with van der Waals surface area (Å²) in [5, 5.41) is 0. The van der Waals surface area contributed by atoms with Crippen molar-refractivity contribution in [2.24, 2.45) is 5.92 Å². The van der Waals surface area contributed by atoms with Crippen LogP contribution in [0.5, 0.6) is 0 Å². The first-order valence-electron chi connectivity index (χ1n) is 9.30. The fourth-order valence-corrected chi connectivity index (χ4v) is 3.93. The first-order valence-corrected chi connectivity index (χ1v) is 9.30. The van der Waals surface area contributed by atoms with E-state index in [-0.39, 0.29) is 11.8 Å². The molecule has 0 unspecified atom stereocenters. The van der Waals surface area contributed by atoms with Crippen LogP contribution < -0.4 is 0 Å². The largest absolute Gasteiger partial charge is 0.455 e. The summed E-state index contributed by atoms with van der Waals surface area (Å²) in [4.78, 5) is 32.0. The molecule has 144 valence electrons. The van der Waals surface area contributed by atoms with Crippen molar-refractivity contribution >= 4 is 11.8 Å². The molecule has 0 spiro atoms. The molecule has 3 fully saturated rings. The van der Waals surface area contributed by atoms with E-state index in [1.54, 1.807) is 25.1 Å². The highest BCUT2D eigenvalue weighted by Gasteiger charge is 2.35. The maximum absolute atomic E-state index is 12.1. The van der Waals surface area contributed by atoms with Gasteiger partial charge in [-0.25, -0.2) is 0 Å². The van der Waals surface area contributed by atoms with Crippen LogP contribution in [0, 0.1) is 5.92 Å². The summed E-state index contributed by atoms with van der Waals surface area (Å²) in [7, 11) is 7.07. The van der Waals surface area contributed by atoms with Crippen LogP contribution in [0.4, 0.5) is 0 Å². The Balaban J connectivity index is 1.63. The van der Waals surface area contributed by atoms with E-state index in [1.165, 1.54) is 11.3 Å². The highest BCUT2D eigenvalue weighted by Crippen LogP contribution is 2.29. The van der Waals surface area contributed by atoms with Crippen molar-refractivity contribution < 1.29 is 14.0 Å². The van der Waals surface area contributed by atoms with Gasteiger partial charge >= 0.3 is 0 Å². The van der Waals surface area contributed by atoms with Crippen molar-refractivity contribution in [1.29, 1.82) is 0 Å². The molecule has 0 aliphatic carbocycles. The summed E-state index contributed by atoms with van der Waals surface area (Å²) < 4.78 is 5.77. The van der Waals surface area contributed by atoms with Crippen LogP contribution in [-0.4, -0.2) is 91.8 Å². The molecule has 1 aromatic heterocycles. The SMILES string of the molecule is CN(C)C(=O)CN1C[C@@H]2CC[C@H](C1)N(Cc1ccc(C(=O)N(C)C)o1)C2. The lowest BCUT2D eigenvalue weighted by Gasteiger charge is -2.35. The zero-order chi connectivity index (χ0) is 18.8. The number of amides is 2. The number of likely N-dealkylation sites (N-methyl/N-ethyl adjacent to an activating group) is 1. The average Bonchev–Trinajstić information content (AvgIpc) is 2.87. The number of piperidine rings is 1. The van der Waals surface area contributed by atoms with Crippen molar-refractivity contribution in [2.45, 2.75) is 25.4 Å². The van der Waals surface area contributed by atoms with Crippen molar-refractivity contribution in [2.75, 3.05) is 54.4 Å². The number of hydrogen-bond donors (Lipinski definition) is 0. The highest BCUT2D eigenvalue weighted by molar-refractivity contribution is 5.91. The van der Waals surface area contributed by atoms with Crippen molar-refractivity contribution in [3.63, 3.8) is 0 Å². The smallest absolute Gasteiger partial charge is 0.289 e. The van der Waals surface area contributed by atoms with E-state index in [0.717, 1.165) is 38.4 Å². The number of rotatable bonds is 5. The van der Waals surface area contributed by atoms with Gasteiger partial charge in [-0.3, -0.25) is 19.4 Å². The van der Waals surface area contributed by atoms with Crippen molar-refractivity contribution in [3.05, 3.63) is 23.7 Å². The average molecular weight is 362 g/mol. The molecule has 7 nitrogen and oxygen atoms in total. The second kappa shape index (κ2) is 7.80. The third-order valence-corrected chi connectivity index (χ3v) is 5.40. The number of carbonyl (C=O) groups excluding carboxylic acids is 2. The Hall–Kier alpha value is -1.86. The fourth-order valence-electron chi connectivity index (χ4n) is 3.93. The molecule has 2 amide bonds. The van der Waals surface area contributed by atoms with Crippen LogP contribution in [-0.2, 0) is 11.3 Å². The van der Waals surface area contributed by atoms with Crippen LogP contribution in [0.15, 0.2) is 16.5 Å². The fraction of sp³-hybridized carbons (Fsp3) is 0.684. The summed E-state index contributed by atoms with van der Waals surface area (Å²) >= 11 is 0. The normalized spacial score (nSPS) is 23.7. The van der Waals surface area contributed by atoms with Crippen molar-refractivity contribution in [1.82, 2.24) is 19.6 Å². The molecule has 4 rings (SSSR count). The highest BCUT2D eigenvalue weighted by atomic mass is 16.4. The monoisotopic (exact) mass is 362 g/mol. The molecule has 0 radical (unpaired) electrons. The first-order chi connectivity index (χ1) is 12.3. The van der Waals surface area contributed by atoms with Crippen LogP contribution in [0.25, 0.3) is 0 Å². The maximum Gasteiger partial charge on any atom is 0.289 e. The second-order valence-corrected chi connectivity index (χ2v) is 7.97. The minimum Gasteiger partial charge on any atom is -0.455 e. The molecular weight excluding hydrogens is 332 g/mol. The van der Waals surface area contributed by atoms with Gasteiger partial charge in [0.2, 0.25) is 5.91 Å². The quantitative estimate of drug-likeness (QED) is 0.781. The molecule has 4 heterocycles. The minimum absolute atomic E-state index is 0.109. The Morgan fingerprint density at radius 1 is 1.08 bits per heavy atom. The van der Waals surface area contributed by atoms with Gasteiger partial charge in [-0.2, -0.15) is 0 Å². The van der Waals surface area contributed by atoms with E-state index in [2.05, 4.69) is 9.80 Å². The van der Waals surface area contributed by atoms with E-state index in [1.807, 2.05) is 20.2 Å². The molecule has 3 aliphatic heterocycles. The molecular formula is C19H30N4O3. The van der Waals surface area contributed by atoms with E-state index in [4.69, 9.17) is 4.42 Å². The third kappa shape index (κ3) is 4.27. The number of carbonyl (C=O) groups is 2. The lowest BCUT2D eigenvalue weighted by Crippen LogP contribution is -2.44. The van der Waals surface area contributed by atoms with Crippen LogP contribution >= 0.6 is 0 Å². The summed E-state index contributed by atoms with van der Waals surface area (Å²) in [6, 6.07) is 4.10. The number of fused-ring (bicyclic) bond motifs is 4. The minimum atomic E-state index is -0.109. The summed E-state index contributed by atoms with van der Waals surface area (Å²) in [6.45, 7) is 4.14. The molecule has 3 saturated heterocycles. The molecule has 0 saturated carbocycles. The summed E-state index contributed by atoms with van der Waals surface area (Å²) in [5.74, 6) is 1.86. The number of furan rings is 1. The van der Waals surface area contributed by atoms with E-state index >= 15 is 0 Å². The Bertz CT molecular complexity index is 655. The predicted octanol–water partition coefficient (Wildman–Crippen LogP) is 0.966. The molecule has 2 atom stereocenters. The van der Waals surface area contributed by atoms with Gasteiger partial charge in [0.15, 0.2) is 5.76 Å². The van der Waals surface area contributed by atoms with Crippen molar-refractivity contribution in [3.8, 4) is 0 Å². The standard InChI is InChI=1S/C19H30N4O3/c1-20(2)18(24)13-22-9-14-5-6-15(11-22)23(10-14)12-16-7-8-17(26-16)19(25)21(3)4/h7-8,14-15H,5-6,9-13H2,1-4H3/t14-,15+/m0/s1. The maximum atomic E-state index is 12.1. The van der Waals surface area contributed by atoms with E-state index in [9.17, 15) is 9.59 Å². The van der Waals surface area contributed by atoms with Gasteiger partial charge in [0, 0.05) is 53.9 Å². The molecule has 0 N–H and O–H groups in total. The number of nitrogens with zero attached hydrogens (tertiary/aromatic N) is 4. The zero-order valence-corrected chi connectivity index (χ0v) is 16.3. The number of hydrogen-bond acceptors (Lipinski definition) is 5. The summed E-state index contributed by atoms with van der Waals surface area (Å²) in [5.41, 5.74) is 0. The molecule has 7 heteroatoms. The van der Waals surface area contributed by atoms with Gasteiger partial charge in [-0.1, -0.05) is 0 Å². The van der Waals surface area contributed by atoms with Gasteiger partial charge in [0.1, 0.15) is 5.76 Å². The second-order valence-electron chi connectivity index (χ2n) is 7.97. The Kier molecular flexibility index (Phi) is 5.67. The molecule has 2 bridgehead atoms. The predicted molar refractivity (Wildman–Crippen MR) is 98.8 cm³/mol. The van der Waals surface area contributed by atoms with Gasteiger partial charge in [0.25, 0.3) is 5.91 Å². The lowest BCUT2D eigenvalue weighted by molar-refractivity contribution is -0.130. The third-order valence-electron chi connectivity index (χ3n) is 5.40. The van der Waals surface area contributed by atoms with E-state index < -0.39 is 0 Å².